The third kappa shape index (κ3) is 2.70. The summed E-state index contributed by atoms with van der Waals surface area (Å²) in [5, 5.41) is 0. The Morgan fingerprint density at radius 2 is 1.96 bits per heavy atom. The van der Waals surface area contributed by atoms with Crippen molar-refractivity contribution in [2.24, 2.45) is 17.8 Å². The third-order valence-corrected chi connectivity index (χ3v) is 7.98. The molecule has 0 radical (unpaired) electrons. The minimum absolute atomic E-state index is 0.102. The molecule has 1 aromatic rings. The van der Waals surface area contributed by atoms with E-state index in [1.165, 1.54) is 12.8 Å². The highest BCUT2D eigenvalue weighted by Crippen LogP contribution is 2.45. The van der Waals surface area contributed by atoms with Crippen LogP contribution < -0.4 is 9.62 Å². The largest absolute Gasteiger partial charge is 0.312 e. The summed E-state index contributed by atoms with van der Waals surface area (Å²) >= 11 is 0. The fraction of sp³-hybridized carbons (Fsp3) is 0.632. The lowest BCUT2D eigenvalue weighted by Crippen LogP contribution is -2.38. The SMILES string of the molecule is O=C(C1CC1)N1CCc2cc(S(=O)(=O)N[C@@H]3C[C@H]4CC[C@@H]3C4)ccc21. The number of hydrogen-bond acceptors (Lipinski definition) is 3. The number of sulfonamides is 1. The molecule has 0 aromatic heterocycles. The number of hydrogen-bond donors (Lipinski definition) is 1. The van der Waals surface area contributed by atoms with Crippen molar-refractivity contribution in [2.45, 2.75) is 55.9 Å². The molecule has 3 fully saturated rings. The van der Waals surface area contributed by atoms with Crippen LogP contribution in [0.1, 0.15) is 44.1 Å². The topological polar surface area (TPSA) is 66.5 Å². The molecule has 1 aromatic carbocycles. The van der Waals surface area contributed by atoms with Gasteiger partial charge in [0.2, 0.25) is 15.9 Å². The van der Waals surface area contributed by atoms with Gasteiger partial charge < -0.3 is 4.90 Å². The number of carbonyl (C=O) groups is 1. The molecule has 0 unspecified atom stereocenters. The number of nitrogens with zero attached hydrogens (tertiary/aromatic N) is 1. The summed E-state index contributed by atoms with van der Waals surface area (Å²) < 4.78 is 28.6. The molecule has 3 aliphatic carbocycles. The van der Waals surface area contributed by atoms with E-state index in [1.807, 2.05) is 11.0 Å². The van der Waals surface area contributed by atoms with Crippen LogP contribution in [0, 0.1) is 17.8 Å². The molecule has 2 bridgehead atoms. The van der Waals surface area contributed by atoms with E-state index in [0.717, 1.165) is 43.4 Å². The van der Waals surface area contributed by atoms with Gasteiger partial charge in [0, 0.05) is 24.2 Å². The van der Waals surface area contributed by atoms with E-state index in [0.29, 0.717) is 23.3 Å². The Balaban J connectivity index is 1.37. The van der Waals surface area contributed by atoms with Crippen molar-refractivity contribution in [2.75, 3.05) is 11.4 Å². The van der Waals surface area contributed by atoms with Gasteiger partial charge >= 0.3 is 0 Å². The second-order valence-electron chi connectivity index (χ2n) is 8.21. The monoisotopic (exact) mass is 360 g/mol. The molecule has 5 rings (SSSR count). The molecule has 4 aliphatic rings. The van der Waals surface area contributed by atoms with Gasteiger partial charge in [-0.1, -0.05) is 6.42 Å². The fourth-order valence-electron chi connectivity index (χ4n) is 4.98. The molecule has 1 amide bonds. The zero-order chi connectivity index (χ0) is 17.2. The molecule has 3 saturated carbocycles. The van der Waals surface area contributed by atoms with Gasteiger partial charge in [-0.2, -0.15) is 0 Å². The lowest BCUT2D eigenvalue weighted by Gasteiger charge is -2.23. The molecule has 5 nitrogen and oxygen atoms in total. The minimum Gasteiger partial charge on any atom is -0.312 e. The van der Waals surface area contributed by atoms with Gasteiger partial charge in [-0.3, -0.25) is 4.79 Å². The lowest BCUT2D eigenvalue weighted by molar-refractivity contribution is -0.119. The molecule has 1 heterocycles. The summed E-state index contributed by atoms with van der Waals surface area (Å²) in [4.78, 5) is 14.5. The summed E-state index contributed by atoms with van der Waals surface area (Å²) in [6.45, 7) is 0.675. The molecule has 6 heteroatoms. The van der Waals surface area contributed by atoms with E-state index >= 15 is 0 Å². The highest BCUT2D eigenvalue weighted by molar-refractivity contribution is 7.89. The average Bonchev–Trinajstić information content (AvgIpc) is 3.03. The van der Waals surface area contributed by atoms with Crippen LogP contribution in [0.15, 0.2) is 23.1 Å². The maximum absolute atomic E-state index is 12.8. The summed E-state index contributed by atoms with van der Waals surface area (Å²) in [6, 6.07) is 5.35. The molecule has 1 N–H and O–H groups in total. The van der Waals surface area contributed by atoms with Gasteiger partial charge in [0.15, 0.2) is 0 Å². The van der Waals surface area contributed by atoms with Crippen LogP contribution in [0.4, 0.5) is 5.69 Å². The summed E-state index contributed by atoms with van der Waals surface area (Å²) in [5.74, 6) is 1.61. The van der Waals surface area contributed by atoms with Gasteiger partial charge in [-0.25, -0.2) is 13.1 Å². The van der Waals surface area contributed by atoms with Crippen LogP contribution in [0.3, 0.4) is 0 Å². The normalized spacial score (nSPS) is 30.7. The summed E-state index contributed by atoms with van der Waals surface area (Å²) in [6.07, 6.45) is 7.29. The van der Waals surface area contributed by atoms with Crippen LogP contribution in [0.5, 0.6) is 0 Å². The van der Waals surface area contributed by atoms with E-state index in [4.69, 9.17) is 0 Å². The molecular weight excluding hydrogens is 336 g/mol. The van der Waals surface area contributed by atoms with Crippen molar-refractivity contribution < 1.29 is 13.2 Å². The zero-order valence-electron chi connectivity index (χ0n) is 14.3. The summed E-state index contributed by atoms with van der Waals surface area (Å²) in [5.41, 5.74) is 1.88. The Hall–Kier alpha value is -1.40. The van der Waals surface area contributed by atoms with E-state index < -0.39 is 10.0 Å². The van der Waals surface area contributed by atoms with E-state index in [9.17, 15) is 13.2 Å². The highest BCUT2D eigenvalue weighted by Gasteiger charge is 2.41. The van der Waals surface area contributed by atoms with E-state index in [1.54, 1.807) is 12.1 Å². The number of rotatable bonds is 4. The first-order chi connectivity index (χ1) is 12.0. The maximum atomic E-state index is 12.8. The van der Waals surface area contributed by atoms with Crippen LogP contribution in [-0.4, -0.2) is 26.9 Å². The standard InChI is InChI=1S/C19H24N2O3S/c22-19(13-3-4-13)21-8-7-15-11-16(5-6-18(15)21)25(23,24)20-17-10-12-1-2-14(17)9-12/h5-6,11-14,17,20H,1-4,7-10H2/t12-,14+,17+/m0/s1. The van der Waals surface area contributed by atoms with E-state index in [-0.39, 0.29) is 17.9 Å². The second kappa shape index (κ2) is 5.55. The minimum atomic E-state index is -3.48. The smallest absolute Gasteiger partial charge is 0.240 e. The maximum Gasteiger partial charge on any atom is 0.240 e. The molecular formula is C19H24N2O3S. The van der Waals surface area contributed by atoms with Crippen molar-refractivity contribution in [1.29, 1.82) is 0 Å². The Kier molecular flexibility index (Phi) is 3.51. The first-order valence-corrected chi connectivity index (χ1v) is 11.0. The van der Waals surface area contributed by atoms with Crippen molar-refractivity contribution in [3.63, 3.8) is 0 Å². The van der Waals surface area contributed by atoms with Crippen molar-refractivity contribution in [1.82, 2.24) is 4.72 Å². The first-order valence-electron chi connectivity index (χ1n) is 9.48. The van der Waals surface area contributed by atoms with Gasteiger partial charge in [0.05, 0.1) is 4.90 Å². The number of carbonyl (C=O) groups excluding carboxylic acids is 1. The van der Waals surface area contributed by atoms with Gasteiger partial charge in [-0.15, -0.1) is 0 Å². The van der Waals surface area contributed by atoms with Crippen LogP contribution >= 0.6 is 0 Å². The lowest BCUT2D eigenvalue weighted by atomic mass is 9.96. The Labute approximate surface area is 148 Å². The molecule has 134 valence electrons. The molecule has 3 atom stereocenters. The van der Waals surface area contributed by atoms with Crippen molar-refractivity contribution >= 4 is 21.6 Å². The second-order valence-corrected chi connectivity index (χ2v) is 9.92. The van der Waals surface area contributed by atoms with Crippen molar-refractivity contribution in [3.05, 3.63) is 23.8 Å². The van der Waals surface area contributed by atoms with Gasteiger partial charge in [0.25, 0.3) is 0 Å². The average molecular weight is 360 g/mol. The quantitative estimate of drug-likeness (QED) is 0.897. The fourth-order valence-corrected chi connectivity index (χ4v) is 6.35. The summed E-state index contributed by atoms with van der Waals surface area (Å²) in [7, 11) is -3.48. The molecule has 0 saturated heterocycles. The number of nitrogens with one attached hydrogen (secondary N) is 1. The molecule has 25 heavy (non-hydrogen) atoms. The third-order valence-electron chi connectivity index (χ3n) is 6.49. The zero-order valence-corrected chi connectivity index (χ0v) is 15.1. The van der Waals surface area contributed by atoms with Crippen molar-refractivity contribution in [3.8, 4) is 0 Å². The Bertz CT molecular complexity index is 831. The Morgan fingerprint density at radius 3 is 2.64 bits per heavy atom. The first kappa shape index (κ1) is 15.8. The molecule has 1 aliphatic heterocycles. The molecule has 0 spiro atoms. The van der Waals surface area contributed by atoms with Gasteiger partial charge in [-0.05, 0) is 74.1 Å². The van der Waals surface area contributed by atoms with Gasteiger partial charge in [0.1, 0.15) is 0 Å². The number of fused-ring (bicyclic) bond motifs is 3. The van der Waals surface area contributed by atoms with Crippen LogP contribution in [0.25, 0.3) is 0 Å². The predicted octanol–water partition coefficient (Wildman–Crippen LogP) is 2.45. The van der Waals surface area contributed by atoms with Crippen LogP contribution in [0.2, 0.25) is 0 Å². The number of benzene rings is 1. The van der Waals surface area contributed by atoms with E-state index in [2.05, 4.69) is 4.72 Å². The predicted molar refractivity (Wildman–Crippen MR) is 94.8 cm³/mol. The Morgan fingerprint density at radius 1 is 1.12 bits per heavy atom. The highest BCUT2D eigenvalue weighted by atomic mass is 32.2. The van der Waals surface area contributed by atoms with Crippen LogP contribution in [-0.2, 0) is 21.2 Å². The number of amides is 1. The number of anilines is 1.